The Morgan fingerprint density at radius 3 is 2.68 bits per heavy atom. The van der Waals surface area contributed by atoms with Gasteiger partial charge in [-0.1, -0.05) is 49.1 Å². The van der Waals surface area contributed by atoms with Gasteiger partial charge in [-0.15, -0.1) is 0 Å². The van der Waals surface area contributed by atoms with Gasteiger partial charge in [-0.25, -0.2) is 0 Å². The van der Waals surface area contributed by atoms with Crippen molar-refractivity contribution in [3.05, 3.63) is 34.9 Å². The number of aliphatic hydroxyl groups is 1. The van der Waals surface area contributed by atoms with E-state index < -0.39 is 6.10 Å². The summed E-state index contributed by atoms with van der Waals surface area (Å²) < 4.78 is 0. The van der Waals surface area contributed by atoms with Gasteiger partial charge in [0.25, 0.3) is 0 Å². The second-order valence-corrected chi connectivity index (χ2v) is 5.52. The molecule has 1 aliphatic carbocycles. The van der Waals surface area contributed by atoms with Gasteiger partial charge in [0.1, 0.15) is 0 Å². The number of benzene rings is 1. The summed E-state index contributed by atoms with van der Waals surface area (Å²) in [5.41, 5.74) is 0.660. The predicted octanol–water partition coefficient (Wildman–Crippen LogP) is 3.07. The van der Waals surface area contributed by atoms with E-state index in [4.69, 9.17) is 11.6 Å². The number of amides is 1. The molecule has 0 aromatic heterocycles. The first kappa shape index (κ1) is 14.4. The highest BCUT2D eigenvalue weighted by Crippen LogP contribution is 2.25. The number of aliphatic hydroxyl groups excluding tert-OH is 1. The molecule has 1 fully saturated rings. The van der Waals surface area contributed by atoms with Gasteiger partial charge in [-0.2, -0.15) is 0 Å². The molecule has 1 saturated carbocycles. The van der Waals surface area contributed by atoms with Crippen molar-refractivity contribution in [2.75, 3.05) is 6.54 Å². The van der Waals surface area contributed by atoms with Crippen LogP contribution in [0.15, 0.2) is 24.3 Å². The summed E-state index contributed by atoms with van der Waals surface area (Å²) in [6.07, 6.45) is 4.67. The van der Waals surface area contributed by atoms with E-state index in [-0.39, 0.29) is 18.4 Å². The molecule has 0 heterocycles. The molecular weight excluding hydrogens is 262 g/mol. The van der Waals surface area contributed by atoms with E-state index in [0.717, 1.165) is 25.7 Å². The molecule has 19 heavy (non-hydrogen) atoms. The summed E-state index contributed by atoms with van der Waals surface area (Å²) in [7, 11) is 0. The fraction of sp³-hybridized carbons (Fsp3) is 0.533. The third-order valence-corrected chi connectivity index (χ3v) is 4.05. The van der Waals surface area contributed by atoms with Crippen LogP contribution in [0, 0.1) is 5.92 Å². The smallest absolute Gasteiger partial charge is 0.223 e. The molecule has 2 rings (SSSR count). The maximum absolute atomic E-state index is 12.0. The van der Waals surface area contributed by atoms with Gasteiger partial charge in [0.05, 0.1) is 6.10 Å². The second kappa shape index (κ2) is 6.92. The van der Waals surface area contributed by atoms with Gasteiger partial charge < -0.3 is 10.4 Å². The van der Waals surface area contributed by atoms with E-state index in [0.29, 0.717) is 10.6 Å². The molecule has 1 aromatic carbocycles. The fourth-order valence-corrected chi connectivity index (χ4v) is 2.82. The van der Waals surface area contributed by atoms with Gasteiger partial charge >= 0.3 is 0 Å². The molecule has 0 bridgehead atoms. The highest BCUT2D eigenvalue weighted by molar-refractivity contribution is 6.31. The number of rotatable bonds is 4. The maximum atomic E-state index is 12.0. The summed E-state index contributed by atoms with van der Waals surface area (Å²) in [6, 6.07) is 7.16. The van der Waals surface area contributed by atoms with Crippen LogP contribution in [0.5, 0.6) is 0 Å². The standard InChI is InChI=1S/C15H20ClNO2/c16-13-9-5-4-8-12(13)14(18)10-17-15(19)11-6-2-1-3-7-11/h4-5,8-9,11,14,18H,1-3,6-7,10H2,(H,17,19). The minimum absolute atomic E-state index is 0.0609. The van der Waals surface area contributed by atoms with Crippen molar-refractivity contribution in [2.45, 2.75) is 38.2 Å². The highest BCUT2D eigenvalue weighted by atomic mass is 35.5. The number of carbonyl (C=O) groups is 1. The Morgan fingerprint density at radius 2 is 2.00 bits per heavy atom. The summed E-state index contributed by atoms with van der Waals surface area (Å²) in [5, 5.41) is 13.4. The molecule has 1 unspecified atom stereocenters. The Balaban J connectivity index is 1.84. The highest BCUT2D eigenvalue weighted by Gasteiger charge is 2.21. The molecule has 1 atom stereocenters. The molecular formula is C15H20ClNO2. The average Bonchev–Trinajstić information content (AvgIpc) is 2.46. The lowest BCUT2D eigenvalue weighted by Crippen LogP contribution is -2.34. The molecule has 0 spiro atoms. The Bertz CT molecular complexity index is 430. The van der Waals surface area contributed by atoms with Crippen molar-refractivity contribution in [3.63, 3.8) is 0 Å². The van der Waals surface area contributed by atoms with Crippen LogP contribution < -0.4 is 5.32 Å². The average molecular weight is 282 g/mol. The van der Waals surface area contributed by atoms with E-state index in [1.165, 1.54) is 6.42 Å². The molecule has 1 aromatic rings. The van der Waals surface area contributed by atoms with Crippen molar-refractivity contribution in [2.24, 2.45) is 5.92 Å². The molecule has 0 saturated heterocycles. The number of carbonyl (C=O) groups excluding carboxylic acids is 1. The van der Waals surface area contributed by atoms with Crippen LogP contribution in [-0.2, 0) is 4.79 Å². The largest absolute Gasteiger partial charge is 0.387 e. The van der Waals surface area contributed by atoms with Crippen LogP contribution >= 0.6 is 11.6 Å². The van der Waals surface area contributed by atoms with Crippen molar-refractivity contribution in [1.82, 2.24) is 5.32 Å². The quantitative estimate of drug-likeness (QED) is 0.891. The predicted molar refractivity (Wildman–Crippen MR) is 76.0 cm³/mol. The first-order chi connectivity index (χ1) is 9.18. The molecule has 1 amide bonds. The minimum Gasteiger partial charge on any atom is -0.387 e. The van der Waals surface area contributed by atoms with Gasteiger partial charge in [0.2, 0.25) is 5.91 Å². The van der Waals surface area contributed by atoms with Crippen LogP contribution in [0.3, 0.4) is 0 Å². The molecule has 2 N–H and O–H groups in total. The molecule has 0 aliphatic heterocycles. The Hall–Kier alpha value is -1.06. The zero-order valence-corrected chi connectivity index (χ0v) is 11.7. The molecule has 0 radical (unpaired) electrons. The van der Waals surface area contributed by atoms with Crippen LogP contribution in [0.2, 0.25) is 5.02 Å². The van der Waals surface area contributed by atoms with E-state index in [9.17, 15) is 9.90 Å². The SMILES string of the molecule is O=C(NCC(O)c1ccccc1Cl)C1CCCCC1. The first-order valence-electron chi connectivity index (χ1n) is 6.88. The van der Waals surface area contributed by atoms with E-state index in [1.807, 2.05) is 12.1 Å². The zero-order chi connectivity index (χ0) is 13.7. The number of hydrogen-bond acceptors (Lipinski definition) is 2. The molecule has 104 valence electrons. The summed E-state index contributed by atoms with van der Waals surface area (Å²) >= 11 is 6.01. The molecule has 3 nitrogen and oxygen atoms in total. The van der Waals surface area contributed by atoms with Crippen molar-refractivity contribution in [1.29, 1.82) is 0 Å². The van der Waals surface area contributed by atoms with Gasteiger partial charge in [0.15, 0.2) is 0 Å². The van der Waals surface area contributed by atoms with Gasteiger partial charge in [-0.3, -0.25) is 4.79 Å². The maximum Gasteiger partial charge on any atom is 0.223 e. The fourth-order valence-electron chi connectivity index (χ4n) is 2.56. The van der Waals surface area contributed by atoms with Crippen molar-refractivity contribution in [3.8, 4) is 0 Å². The zero-order valence-electron chi connectivity index (χ0n) is 10.9. The molecule has 4 heteroatoms. The number of halogens is 1. The summed E-state index contributed by atoms with van der Waals surface area (Å²) in [5.74, 6) is 0.179. The van der Waals surface area contributed by atoms with Crippen molar-refractivity contribution < 1.29 is 9.90 Å². The summed E-state index contributed by atoms with van der Waals surface area (Å²) in [4.78, 5) is 12.0. The Morgan fingerprint density at radius 1 is 1.32 bits per heavy atom. The topological polar surface area (TPSA) is 49.3 Å². The van der Waals surface area contributed by atoms with Crippen molar-refractivity contribution >= 4 is 17.5 Å². The van der Waals surface area contributed by atoms with Crippen LogP contribution in [0.1, 0.15) is 43.8 Å². The lowest BCUT2D eigenvalue weighted by Gasteiger charge is -2.22. The Labute approximate surface area is 119 Å². The second-order valence-electron chi connectivity index (χ2n) is 5.12. The van der Waals surface area contributed by atoms with Gasteiger partial charge in [-0.05, 0) is 18.9 Å². The minimum atomic E-state index is -0.749. The van der Waals surface area contributed by atoms with E-state index in [1.54, 1.807) is 12.1 Å². The van der Waals surface area contributed by atoms with Crippen LogP contribution in [0.4, 0.5) is 0 Å². The lowest BCUT2D eigenvalue weighted by molar-refractivity contribution is -0.126. The van der Waals surface area contributed by atoms with E-state index in [2.05, 4.69) is 5.32 Å². The summed E-state index contributed by atoms with van der Waals surface area (Å²) in [6.45, 7) is 0.221. The van der Waals surface area contributed by atoms with Crippen LogP contribution in [-0.4, -0.2) is 17.6 Å². The van der Waals surface area contributed by atoms with Gasteiger partial charge in [0, 0.05) is 23.0 Å². The number of hydrogen-bond donors (Lipinski definition) is 2. The lowest BCUT2D eigenvalue weighted by atomic mass is 9.88. The van der Waals surface area contributed by atoms with Crippen LogP contribution in [0.25, 0.3) is 0 Å². The third kappa shape index (κ3) is 3.95. The first-order valence-corrected chi connectivity index (χ1v) is 7.26. The van der Waals surface area contributed by atoms with E-state index >= 15 is 0 Å². The molecule has 1 aliphatic rings. The third-order valence-electron chi connectivity index (χ3n) is 3.71. The normalized spacial score (nSPS) is 18.0. The number of nitrogens with one attached hydrogen (secondary N) is 1. The Kier molecular flexibility index (Phi) is 5.23. The monoisotopic (exact) mass is 281 g/mol.